The van der Waals surface area contributed by atoms with Crippen LogP contribution in [0.4, 0.5) is 0 Å². The van der Waals surface area contributed by atoms with Gasteiger partial charge < -0.3 is 21.7 Å². The van der Waals surface area contributed by atoms with E-state index in [4.69, 9.17) is 4.74 Å². The molecule has 0 aromatic heterocycles. The molecule has 1 rings (SSSR count). The molecule has 0 aliphatic rings. The molecule has 1 aromatic carbocycles. The zero-order chi connectivity index (χ0) is 8.81. The minimum absolute atomic E-state index is 0. The molecule has 1 aromatic rings. The Labute approximate surface area is 113 Å². The van der Waals surface area contributed by atoms with Crippen molar-refractivity contribution >= 4 is 23.1 Å². The van der Waals surface area contributed by atoms with Crippen molar-refractivity contribution in [2.24, 2.45) is 0 Å². The molecule has 1 nitrogen and oxygen atoms in total. The Morgan fingerprint density at radius 2 is 2.14 bits per heavy atom. The summed E-state index contributed by atoms with van der Waals surface area (Å²) in [4.78, 5) is 0. The van der Waals surface area contributed by atoms with Gasteiger partial charge in [0.15, 0.2) is 0 Å². The number of benzene rings is 1. The van der Waals surface area contributed by atoms with Crippen LogP contribution < -0.4 is 21.7 Å². The van der Waals surface area contributed by atoms with E-state index >= 15 is 0 Å². The molecule has 0 N–H and O–H groups in total. The molecule has 0 aliphatic heterocycles. The Morgan fingerprint density at radius 1 is 1.43 bits per heavy atom. The molecular formula is C11H15BrMgO. The largest absolute Gasteiger partial charge is 2.00 e. The van der Waals surface area contributed by atoms with E-state index in [9.17, 15) is 0 Å². The van der Waals surface area contributed by atoms with Gasteiger partial charge in [0, 0.05) is 5.75 Å². The number of rotatable bonds is 4. The van der Waals surface area contributed by atoms with Gasteiger partial charge in [-0.05, 0) is 6.42 Å². The molecule has 0 fully saturated rings. The molecule has 0 aliphatic carbocycles. The van der Waals surface area contributed by atoms with Gasteiger partial charge in [-0.1, -0.05) is 20.3 Å². The zero-order valence-electron chi connectivity index (χ0n) is 8.85. The Hall–Kier alpha value is 0.266. The van der Waals surface area contributed by atoms with Crippen LogP contribution in [0.3, 0.4) is 0 Å². The van der Waals surface area contributed by atoms with Crippen LogP contribution in [0.15, 0.2) is 18.2 Å². The maximum absolute atomic E-state index is 5.56. The summed E-state index contributed by atoms with van der Waals surface area (Å²) in [7, 11) is 0. The van der Waals surface area contributed by atoms with Gasteiger partial charge in [0.25, 0.3) is 0 Å². The average Bonchev–Trinajstić information content (AvgIpc) is 2.09. The van der Waals surface area contributed by atoms with Gasteiger partial charge in [-0.3, -0.25) is 0 Å². The normalized spacial score (nSPS) is 8.43. The van der Waals surface area contributed by atoms with Gasteiger partial charge in [-0.2, -0.15) is 18.2 Å². The number of unbranched alkanes of at least 4 members (excludes halogenated alkanes) is 1. The summed E-state index contributed by atoms with van der Waals surface area (Å²) < 4.78 is 5.56. The van der Waals surface area contributed by atoms with Gasteiger partial charge in [0.05, 0.1) is 6.61 Å². The van der Waals surface area contributed by atoms with E-state index in [2.05, 4.69) is 13.0 Å². The smallest absolute Gasteiger partial charge is 1.00 e. The first-order valence-electron chi connectivity index (χ1n) is 4.44. The third-order valence-corrected chi connectivity index (χ3v) is 1.77. The van der Waals surface area contributed by atoms with Crippen molar-refractivity contribution in [3.05, 3.63) is 29.8 Å². The van der Waals surface area contributed by atoms with Crippen molar-refractivity contribution in [2.75, 3.05) is 6.61 Å². The summed E-state index contributed by atoms with van der Waals surface area (Å²) in [6.45, 7) is 5.02. The molecule has 74 valence electrons. The predicted molar refractivity (Wildman–Crippen MR) is 56.2 cm³/mol. The topological polar surface area (TPSA) is 9.23 Å². The van der Waals surface area contributed by atoms with Crippen molar-refractivity contribution < 1.29 is 21.7 Å². The van der Waals surface area contributed by atoms with Gasteiger partial charge in [0.2, 0.25) is 0 Å². The Bertz CT molecular complexity index is 240. The van der Waals surface area contributed by atoms with E-state index in [1.807, 2.05) is 25.1 Å². The fraction of sp³-hybridized carbons (Fsp3) is 0.455. The zero-order valence-corrected chi connectivity index (χ0v) is 11.8. The molecule has 0 atom stereocenters. The summed E-state index contributed by atoms with van der Waals surface area (Å²) in [5.74, 6) is 0.988. The van der Waals surface area contributed by atoms with E-state index in [0.29, 0.717) is 0 Å². The number of ether oxygens (including phenoxy) is 1. The van der Waals surface area contributed by atoms with Crippen LogP contribution in [0.1, 0.15) is 25.3 Å². The summed E-state index contributed by atoms with van der Waals surface area (Å²) in [5.41, 5.74) is 1.16. The maximum atomic E-state index is 5.56. The molecule has 0 saturated carbocycles. The molecule has 0 saturated heterocycles. The van der Waals surface area contributed by atoms with Crippen LogP contribution in [0.5, 0.6) is 5.75 Å². The minimum atomic E-state index is 0. The second-order valence-electron chi connectivity index (χ2n) is 2.89. The fourth-order valence-electron chi connectivity index (χ4n) is 0.988. The molecule has 0 unspecified atom stereocenters. The average molecular weight is 267 g/mol. The standard InChI is InChI=1S/C11H15O.BrH.Mg/c1-3-4-9-12-11-8-6-5-7-10(11)2;;/h6-8H,3-4,9H2,1-2H3;1H;/q-1;;+2/p-1. The van der Waals surface area contributed by atoms with Crippen molar-refractivity contribution in [2.45, 2.75) is 26.7 Å². The second-order valence-corrected chi connectivity index (χ2v) is 2.89. The molecule has 0 radical (unpaired) electrons. The Kier molecular flexibility index (Phi) is 11.7. The Balaban J connectivity index is 0. The van der Waals surface area contributed by atoms with E-state index in [0.717, 1.165) is 24.3 Å². The molecule has 0 spiro atoms. The summed E-state index contributed by atoms with van der Waals surface area (Å²) in [5, 5.41) is 0. The van der Waals surface area contributed by atoms with Crippen LogP contribution >= 0.6 is 0 Å². The predicted octanol–water partition coefficient (Wildman–Crippen LogP) is -0.403. The van der Waals surface area contributed by atoms with Crippen molar-refractivity contribution in [1.29, 1.82) is 0 Å². The number of hydrogen-bond acceptors (Lipinski definition) is 1. The van der Waals surface area contributed by atoms with E-state index < -0.39 is 0 Å². The van der Waals surface area contributed by atoms with Crippen LogP contribution in [-0.2, 0) is 0 Å². The van der Waals surface area contributed by atoms with E-state index in [1.165, 1.54) is 6.42 Å². The van der Waals surface area contributed by atoms with Gasteiger partial charge in [0.1, 0.15) is 0 Å². The molecular weight excluding hydrogens is 252 g/mol. The number of halogens is 1. The quantitative estimate of drug-likeness (QED) is 0.410. The van der Waals surface area contributed by atoms with Gasteiger partial charge in [-0.15, -0.1) is 11.6 Å². The van der Waals surface area contributed by atoms with Gasteiger partial charge in [-0.25, -0.2) is 0 Å². The molecule has 3 heteroatoms. The monoisotopic (exact) mass is 266 g/mol. The molecule has 0 amide bonds. The summed E-state index contributed by atoms with van der Waals surface area (Å²) >= 11 is 0. The van der Waals surface area contributed by atoms with E-state index in [1.54, 1.807) is 0 Å². The molecule has 14 heavy (non-hydrogen) atoms. The third kappa shape index (κ3) is 5.88. The van der Waals surface area contributed by atoms with Crippen LogP contribution in [0, 0.1) is 13.0 Å². The van der Waals surface area contributed by atoms with Crippen molar-refractivity contribution in [3.8, 4) is 5.75 Å². The SMILES string of the molecule is CCCCOc1cc[c-]cc1C.[Br-].[Mg+2]. The van der Waals surface area contributed by atoms with Crippen LogP contribution in [0.2, 0.25) is 0 Å². The maximum Gasteiger partial charge on any atom is 2.00 e. The van der Waals surface area contributed by atoms with Crippen LogP contribution in [0.25, 0.3) is 0 Å². The Morgan fingerprint density at radius 3 is 2.71 bits per heavy atom. The minimum Gasteiger partial charge on any atom is -1.00 e. The molecule has 0 bridgehead atoms. The van der Waals surface area contributed by atoms with Crippen LogP contribution in [-0.4, -0.2) is 29.7 Å². The first-order valence-corrected chi connectivity index (χ1v) is 4.44. The number of aryl methyl sites for hydroxylation is 1. The first-order chi connectivity index (χ1) is 5.84. The van der Waals surface area contributed by atoms with Crippen molar-refractivity contribution in [1.82, 2.24) is 0 Å². The first kappa shape index (κ1) is 16.7. The second kappa shape index (κ2) is 9.81. The van der Waals surface area contributed by atoms with Gasteiger partial charge >= 0.3 is 23.1 Å². The third-order valence-electron chi connectivity index (χ3n) is 1.77. The fourth-order valence-corrected chi connectivity index (χ4v) is 0.988. The summed E-state index contributed by atoms with van der Waals surface area (Å²) in [6.07, 6.45) is 2.30. The summed E-state index contributed by atoms with van der Waals surface area (Å²) in [6, 6.07) is 8.80. The number of hydrogen-bond donors (Lipinski definition) is 0. The molecule has 0 heterocycles. The van der Waals surface area contributed by atoms with Crippen molar-refractivity contribution in [3.63, 3.8) is 0 Å². The van der Waals surface area contributed by atoms with E-state index in [-0.39, 0.29) is 40.0 Å².